The fraction of sp³-hybridized carbons (Fsp3) is 0.167. The molecular formula is C24H24N2O6S. The first kappa shape index (κ1) is 23.8. The molecule has 0 fully saturated rings. The summed E-state index contributed by atoms with van der Waals surface area (Å²) in [6.07, 6.45) is 0. The Kier molecular flexibility index (Phi) is 7.34. The number of aryl methyl sites for hydroxylation is 1. The van der Waals surface area contributed by atoms with Crippen molar-refractivity contribution in [3.05, 3.63) is 83.4 Å². The highest BCUT2D eigenvalue weighted by molar-refractivity contribution is 7.92. The SMILES string of the molecule is COc1ccccc1NS(=O)(=O)c1cccc(C(=O)OCC(=O)Nc2cccc(C)c2C)c1. The van der Waals surface area contributed by atoms with E-state index in [0.29, 0.717) is 11.4 Å². The van der Waals surface area contributed by atoms with Crippen molar-refractivity contribution in [2.24, 2.45) is 0 Å². The van der Waals surface area contributed by atoms with Crippen molar-refractivity contribution in [2.75, 3.05) is 23.8 Å². The number of methoxy groups -OCH3 is 1. The molecular weight excluding hydrogens is 444 g/mol. The predicted octanol–water partition coefficient (Wildman–Crippen LogP) is 3.91. The Bertz CT molecular complexity index is 1290. The minimum absolute atomic E-state index is 0.00237. The molecule has 0 aromatic heterocycles. The van der Waals surface area contributed by atoms with E-state index in [0.717, 1.165) is 11.1 Å². The smallest absolute Gasteiger partial charge is 0.338 e. The lowest BCUT2D eigenvalue weighted by atomic mass is 10.1. The fourth-order valence-corrected chi connectivity index (χ4v) is 4.13. The number of carbonyl (C=O) groups is 2. The van der Waals surface area contributed by atoms with Gasteiger partial charge in [-0.2, -0.15) is 0 Å². The van der Waals surface area contributed by atoms with Crippen molar-refractivity contribution < 1.29 is 27.5 Å². The van der Waals surface area contributed by atoms with Crippen LogP contribution in [-0.4, -0.2) is 34.0 Å². The summed E-state index contributed by atoms with van der Waals surface area (Å²) in [6, 6.07) is 17.4. The third-order valence-electron chi connectivity index (χ3n) is 4.94. The van der Waals surface area contributed by atoms with Gasteiger partial charge in [0.1, 0.15) is 5.75 Å². The quantitative estimate of drug-likeness (QED) is 0.485. The molecule has 0 spiro atoms. The zero-order valence-electron chi connectivity index (χ0n) is 18.4. The summed E-state index contributed by atoms with van der Waals surface area (Å²) in [7, 11) is -2.57. The van der Waals surface area contributed by atoms with Crippen LogP contribution in [0.3, 0.4) is 0 Å². The van der Waals surface area contributed by atoms with E-state index in [4.69, 9.17) is 9.47 Å². The molecule has 0 aliphatic heterocycles. The Morgan fingerprint density at radius 3 is 2.36 bits per heavy atom. The number of hydrogen-bond donors (Lipinski definition) is 2. The highest BCUT2D eigenvalue weighted by Crippen LogP contribution is 2.26. The zero-order chi connectivity index (χ0) is 24.0. The van der Waals surface area contributed by atoms with Gasteiger partial charge >= 0.3 is 5.97 Å². The van der Waals surface area contributed by atoms with Crippen LogP contribution < -0.4 is 14.8 Å². The third-order valence-corrected chi connectivity index (χ3v) is 6.31. The van der Waals surface area contributed by atoms with Crippen molar-refractivity contribution >= 4 is 33.3 Å². The van der Waals surface area contributed by atoms with Gasteiger partial charge in [-0.15, -0.1) is 0 Å². The van der Waals surface area contributed by atoms with Gasteiger partial charge in [0.25, 0.3) is 15.9 Å². The first-order chi connectivity index (χ1) is 15.7. The monoisotopic (exact) mass is 468 g/mol. The van der Waals surface area contributed by atoms with Gasteiger partial charge in [-0.25, -0.2) is 13.2 Å². The summed E-state index contributed by atoms with van der Waals surface area (Å²) in [6.45, 7) is 3.29. The molecule has 0 heterocycles. The van der Waals surface area contributed by atoms with Gasteiger partial charge in [-0.3, -0.25) is 9.52 Å². The molecule has 9 heteroatoms. The molecule has 3 rings (SSSR count). The molecule has 0 saturated carbocycles. The molecule has 0 atom stereocenters. The van der Waals surface area contributed by atoms with Crippen molar-refractivity contribution in [1.29, 1.82) is 0 Å². The normalized spacial score (nSPS) is 10.9. The second-order valence-corrected chi connectivity index (χ2v) is 8.89. The lowest BCUT2D eigenvalue weighted by Crippen LogP contribution is -2.21. The van der Waals surface area contributed by atoms with Gasteiger partial charge in [0, 0.05) is 5.69 Å². The van der Waals surface area contributed by atoms with Crippen molar-refractivity contribution in [2.45, 2.75) is 18.7 Å². The number of rotatable bonds is 8. The zero-order valence-corrected chi connectivity index (χ0v) is 19.2. The number of sulfonamides is 1. The van der Waals surface area contributed by atoms with Crippen LogP contribution in [0.15, 0.2) is 71.6 Å². The van der Waals surface area contributed by atoms with E-state index in [1.807, 2.05) is 26.0 Å². The minimum atomic E-state index is -4.00. The number of para-hydroxylation sites is 2. The summed E-state index contributed by atoms with van der Waals surface area (Å²) >= 11 is 0. The lowest BCUT2D eigenvalue weighted by molar-refractivity contribution is -0.119. The fourth-order valence-electron chi connectivity index (χ4n) is 3.01. The van der Waals surface area contributed by atoms with Crippen LogP contribution in [0.5, 0.6) is 5.75 Å². The summed E-state index contributed by atoms with van der Waals surface area (Å²) < 4.78 is 38.2. The third kappa shape index (κ3) is 5.89. The van der Waals surface area contributed by atoms with Crippen LogP contribution in [0.4, 0.5) is 11.4 Å². The number of carbonyl (C=O) groups excluding carboxylic acids is 2. The number of esters is 1. The molecule has 0 radical (unpaired) electrons. The maximum Gasteiger partial charge on any atom is 0.338 e. The number of hydrogen-bond acceptors (Lipinski definition) is 6. The molecule has 0 aliphatic carbocycles. The van der Waals surface area contributed by atoms with Crippen molar-refractivity contribution in [3.8, 4) is 5.75 Å². The van der Waals surface area contributed by atoms with Gasteiger partial charge in [-0.05, 0) is 61.4 Å². The van der Waals surface area contributed by atoms with Crippen LogP contribution in [0.25, 0.3) is 0 Å². The minimum Gasteiger partial charge on any atom is -0.495 e. The maximum atomic E-state index is 12.8. The number of anilines is 2. The van der Waals surface area contributed by atoms with E-state index in [2.05, 4.69) is 10.0 Å². The molecule has 8 nitrogen and oxygen atoms in total. The van der Waals surface area contributed by atoms with E-state index < -0.39 is 28.5 Å². The second kappa shape index (κ2) is 10.2. The molecule has 1 amide bonds. The Balaban J connectivity index is 1.67. The van der Waals surface area contributed by atoms with Crippen LogP contribution in [0, 0.1) is 13.8 Å². The molecule has 0 unspecified atom stereocenters. The number of ether oxygens (including phenoxy) is 2. The average Bonchev–Trinajstić information content (AvgIpc) is 2.80. The summed E-state index contributed by atoms with van der Waals surface area (Å²) in [5.74, 6) is -0.967. The molecule has 2 N–H and O–H groups in total. The van der Waals surface area contributed by atoms with E-state index in [-0.39, 0.29) is 16.1 Å². The Labute approximate surface area is 192 Å². The van der Waals surface area contributed by atoms with Gasteiger partial charge < -0.3 is 14.8 Å². The lowest BCUT2D eigenvalue weighted by Gasteiger charge is -2.12. The largest absolute Gasteiger partial charge is 0.495 e. The van der Waals surface area contributed by atoms with Gasteiger partial charge in [0.2, 0.25) is 0 Å². The van der Waals surface area contributed by atoms with E-state index in [9.17, 15) is 18.0 Å². The summed E-state index contributed by atoms with van der Waals surface area (Å²) in [5.41, 5.74) is 2.82. The topological polar surface area (TPSA) is 111 Å². The molecule has 172 valence electrons. The van der Waals surface area contributed by atoms with Gasteiger partial charge in [0.05, 0.1) is 23.3 Å². The van der Waals surface area contributed by atoms with Crippen molar-refractivity contribution in [1.82, 2.24) is 0 Å². The van der Waals surface area contributed by atoms with Crippen LogP contribution >= 0.6 is 0 Å². The standard InChI is InChI=1S/C24H24N2O6S/c1-16-8-6-12-20(17(16)2)25-23(27)15-32-24(28)18-9-7-10-19(14-18)33(29,30)26-21-11-4-5-13-22(21)31-3/h4-14,26H,15H2,1-3H3,(H,25,27). The van der Waals surface area contributed by atoms with E-state index in [1.54, 1.807) is 30.3 Å². The predicted molar refractivity (Wildman–Crippen MR) is 125 cm³/mol. The number of amides is 1. The van der Waals surface area contributed by atoms with Crippen LogP contribution in [0.1, 0.15) is 21.5 Å². The summed E-state index contributed by atoms with van der Waals surface area (Å²) in [5, 5.41) is 2.70. The Morgan fingerprint density at radius 1 is 0.909 bits per heavy atom. The van der Waals surface area contributed by atoms with Crippen LogP contribution in [0.2, 0.25) is 0 Å². The van der Waals surface area contributed by atoms with Crippen LogP contribution in [-0.2, 0) is 19.6 Å². The van der Waals surface area contributed by atoms with Gasteiger partial charge in [0.15, 0.2) is 6.61 Å². The Hall–Kier alpha value is -3.85. The highest BCUT2D eigenvalue weighted by Gasteiger charge is 2.19. The highest BCUT2D eigenvalue weighted by atomic mass is 32.2. The molecule has 0 aliphatic rings. The number of benzene rings is 3. The van der Waals surface area contributed by atoms with Gasteiger partial charge in [-0.1, -0.05) is 30.3 Å². The first-order valence-electron chi connectivity index (χ1n) is 10.0. The molecule has 0 saturated heterocycles. The van der Waals surface area contributed by atoms with E-state index >= 15 is 0 Å². The average molecular weight is 469 g/mol. The first-order valence-corrected chi connectivity index (χ1v) is 11.5. The Morgan fingerprint density at radius 2 is 1.61 bits per heavy atom. The second-order valence-electron chi connectivity index (χ2n) is 7.21. The molecule has 3 aromatic carbocycles. The van der Waals surface area contributed by atoms with Crippen molar-refractivity contribution in [3.63, 3.8) is 0 Å². The molecule has 3 aromatic rings. The van der Waals surface area contributed by atoms with E-state index in [1.165, 1.54) is 31.4 Å². The summed E-state index contributed by atoms with van der Waals surface area (Å²) in [4.78, 5) is 24.5. The molecule has 0 bridgehead atoms. The molecule has 33 heavy (non-hydrogen) atoms. The number of nitrogens with one attached hydrogen (secondary N) is 2. The maximum absolute atomic E-state index is 12.8.